The molecule has 1 aromatic carbocycles. The quantitative estimate of drug-likeness (QED) is 0.772. The smallest absolute Gasteiger partial charge is 0.127 e. The highest BCUT2D eigenvalue weighted by Crippen LogP contribution is 2.39. The zero-order valence-corrected chi connectivity index (χ0v) is 14.6. The number of furan rings is 1. The zero-order valence-electron chi connectivity index (χ0n) is 14.6. The van der Waals surface area contributed by atoms with Crippen molar-refractivity contribution in [1.29, 1.82) is 0 Å². The molecule has 1 aromatic heterocycles. The van der Waals surface area contributed by atoms with E-state index in [2.05, 4.69) is 34.9 Å². The lowest BCUT2D eigenvalue weighted by molar-refractivity contribution is 0.403. The van der Waals surface area contributed by atoms with Gasteiger partial charge in [0.25, 0.3) is 0 Å². The molecule has 4 heteroatoms. The van der Waals surface area contributed by atoms with Gasteiger partial charge < -0.3 is 15.1 Å². The number of benzene rings is 1. The Morgan fingerprint density at radius 2 is 1.79 bits per heavy atom. The number of anilines is 2. The first-order valence-corrected chi connectivity index (χ1v) is 9.06. The molecule has 1 aliphatic carbocycles. The molecule has 2 aliphatic rings. The summed E-state index contributed by atoms with van der Waals surface area (Å²) in [7, 11) is 0. The summed E-state index contributed by atoms with van der Waals surface area (Å²) in [5, 5.41) is 7.35. The van der Waals surface area contributed by atoms with E-state index >= 15 is 0 Å². The molecule has 0 amide bonds. The normalized spacial score (nSPS) is 19.7. The fourth-order valence-corrected chi connectivity index (χ4v) is 3.53. The van der Waals surface area contributed by atoms with Crippen LogP contribution in [-0.4, -0.2) is 11.4 Å². The molecule has 2 heterocycles. The lowest BCUT2D eigenvalue weighted by atomic mass is 9.79. The second-order valence-electron chi connectivity index (χ2n) is 6.23. The van der Waals surface area contributed by atoms with Crippen molar-refractivity contribution in [3.63, 3.8) is 0 Å². The first-order chi connectivity index (χ1) is 11.9. The molecule has 0 atom stereocenters. The maximum absolute atomic E-state index is 5.14. The van der Waals surface area contributed by atoms with Crippen LogP contribution in [0.3, 0.4) is 0 Å². The number of nitrogens with one attached hydrogen (secondary N) is 2. The molecule has 4 rings (SSSR count). The SMILES string of the molecule is CC.c1ccc2c(c1)NC(=NCc1ccoc1)C1(CCCCC1)N2. The lowest BCUT2D eigenvalue weighted by Gasteiger charge is -2.44. The Morgan fingerprint density at radius 3 is 2.50 bits per heavy atom. The summed E-state index contributed by atoms with van der Waals surface area (Å²) in [6.07, 6.45) is 9.57. The third kappa shape index (κ3) is 3.32. The van der Waals surface area contributed by atoms with Crippen molar-refractivity contribution in [2.24, 2.45) is 4.99 Å². The zero-order chi connectivity index (χ0) is 16.8. The Hall–Kier alpha value is -2.23. The Kier molecular flexibility index (Phi) is 5.24. The fraction of sp³-hybridized carbons (Fsp3) is 0.450. The molecule has 4 nitrogen and oxygen atoms in total. The molecule has 128 valence electrons. The van der Waals surface area contributed by atoms with Gasteiger partial charge in [-0.1, -0.05) is 45.2 Å². The maximum atomic E-state index is 5.14. The molecule has 1 fully saturated rings. The average molecular weight is 325 g/mol. The summed E-state index contributed by atoms with van der Waals surface area (Å²) in [6.45, 7) is 4.66. The van der Waals surface area contributed by atoms with Crippen LogP contribution in [0.1, 0.15) is 51.5 Å². The fourth-order valence-electron chi connectivity index (χ4n) is 3.53. The van der Waals surface area contributed by atoms with E-state index in [4.69, 9.17) is 9.41 Å². The van der Waals surface area contributed by atoms with Crippen molar-refractivity contribution in [3.8, 4) is 0 Å². The van der Waals surface area contributed by atoms with Crippen LogP contribution >= 0.6 is 0 Å². The number of hydrogen-bond donors (Lipinski definition) is 2. The molecule has 0 bridgehead atoms. The van der Waals surface area contributed by atoms with E-state index < -0.39 is 0 Å². The largest absolute Gasteiger partial charge is 0.472 e. The summed E-state index contributed by atoms with van der Waals surface area (Å²) < 4.78 is 5.14. The summed E-state index contributed by atoms with van der Waals surface area (Å²) in [5.74, 6) is 1.08. The van der Waals surface area contributed by atoms with Crippen LogP contribution < -0.4 is 10.6 Å². The molecular formula is C20H27N3O. The summed E-state index contributed by atoms with van der Waals surface area (Å²) in [6, 6.07) is 10.4. The van der Waals surface area contributed by atoms with Crippen LogP contribution in [0.2, 0.25) is 0 Å². The Morgan fingerprint density at radius 1 is 1.04 bits per heavy atom. The number of amidine groups is 1. The van der Waals surface area contributed by atoms with E-state index in [9.17, 15) is 0 Å². The molecule has 0 saturated heterocycles. The molecule has 0 unspecified atom stereocenters. The van der Waals surface area contributed by atoms with E-state index in [1.807, 2.05) is 19.9 Å². The molecule has 1 saturated carbocycles. The summed E-state index contributed by atoms with van der Waals surface area (Å²) >= 11 is 0. The number of hydrogen-bond acceptors (Lipinski definition) is 3. The van der Waals surface area contributed by atoms with Gasteiger partial charge in [0.15, 0.2) is 0 Å². The predicted octanol–water partition coefficient (Wildman–Crippen LogP) is 5.44. The lowest BCUT2D eigenvalue weighted by Crippen LogP contribution is -2.53. The van der Waals surface area contributed by atoms with Crippen LogP contribution in [0.5, 0.6) is 0 Å². The highest BCUT2D eigenvalue weighted by atomic mass is 16.3. The van der Waals surface area contributed by atoms with E-state index in [0.29, 0.717) is 6.54 Å². The van der Waals surface area contributed by atoms with Gasteiger partial charge in [-0.15, -0.1) is 0 Å². The molecule has 2 aromatic rings. The van der Waals surface area contributed by atoms with Crippen molar-refractivity contribution >= 4 is 17.2 Å². The monoisotopic (exact) mass is 325 g/mol. The number of nitrogens with zero attached hydrogens (tertiary/aromatic N) is 1. The highest BCUT2D eigenvalue weighted by Gasteiger charge is 2.40. The van der Waals surface area contributed by atoms with Crippen molar-refractivity contribution < 1.29 is 4.42 Å². The standard InChI is InChI=1S/C18H21N3O.C2H6/c1-4-9-18(10-5-1)17(19-12-14-8-11-22-13-14)20-15-6-2-3-7-16(15)21-18;1-2/h2-3,6-8,11,13,21H,1,4-5,9-10,12H2,(H,19,20);1-2H3. The summed E-state index contributed by atoms with van der Waals surface area (Å²) in [4.78, 5) is 4.88. The second-order valence-corrected chi connectivity index (χ2v) is 6.23. The van der Waals surface area contributed by atoms with Gasteiger partial charge >= 0.3 is 0 Å². The van der Waals surface area contributed by atoms with Crippen molar-refractivity contribution in [2.45, 2.75) is 58.0 Å². The minimum absolute atomic E-state index is 0.0314. The molecule has 1 aliphatic heterocycles. The van der Waals surface area contributed by atoms with Gasteiger partial charge in [-0.05, 0) is 31.0 Å². The van der Waals surface area contributed by atoms with Crippen LogP contribution in [0.15, 0.2) is 52.3 Å². The first kappa shape index (κ1) is 16.6. The van der Waals surface area contributed by atoms with Gasteiger partial charge in [-0.25, -0.2) is 0 Å². The number of para-hydroxylation sites is 2. The minimum atomic E-state index is -0.0314. The van der Waals surface area contributed by atoms with E-state index in [0.717, 1.165) is 29.9 Å². The molecule has 0 radical (unpaired) electrons. The average Bonchev–Trinajstić information content (AvgIpc) is 3.16. The highest BCUT2D eigenvalue weighted by molar-refractivity contribution is 6.09. The minimum Gasteiger partial charge on any atom is -0.472 e. The van der Waals surface area contributed by atoms with Crippen molar-refractivity contribution in [2.75, 3.05) is 10.6 Å². The summed E-state index contributed by atoms with van der Waals surface area (Å²) in [5.41, 5.74) is 3.38. The molecule has 2 N–H and O–H groups in total. The maximum Gasteiger partial charge on any atom is 0.127 e. The molecule has 1 spiro atoms. The van der Waals surface area contributed by atoms with Crippen LogP contribution in [0, 0.1) is 0 Å². The first-order valence-electron chi connectivity index (χ1n) is 9.06. The van der Waals surface area contributed by atoms with Crippen LogP contribution in [0.4, 0.5) is 11.4 Å². The Labute approximate surface area is 144 Å². The van der Waals surface area contributed by atoms with Crippen LogP contribution in [-0.2, 0) is 6.54 Å². The van der Waals surface area contributed by atoms with Gasteiger partial charge in [0, 0.05) is 5.56 Å². The van der Waals surface area contributed by atoms with Gasteiger partial charge in [0.1, 0.15) is 5.84 Å². The third-order valence-electron chi connectivity index (χ3n) is 4.71. The van der Waals surface area contributed by atoms with E-state index in [1.165, 1.54) is 24.9 Å². The van der Waals surface area contributed by atoms with Gasteiger partial charge in [-0.3, -0.25) is 4.99 Å². The van der Waals surface area contributed by atoms with Gasteiger partial charge in [-0.2, -0.15) is 0 Å². The Balaban J connectivity index is 0.000000815. The van der Waals surface area contributed by atoms with Crippen LogP contribution in [0.25, 0.3) is 0 Å². The number of fused-ring (bicyclic) bond motifs is 1. The van der Waals surface area contributed by atoms with Crippen molar-refractivity contribution in [3.05, 3.63) is 48.4 Å². The topological polar surface area (TPSA) is 49.6 Å². The van der Waals surface area contributed by atoms with Gasteiger partial charge in [0.05, 0.1) is 36.0 Å². The molecular weight excluding hydrogens is 298 g/mol. The number of rotatable bonds is 2. The van der Waals surface area contributed by atoms with Gasteiger partial charge in [0.2, 0.25) is 0 Å². The van der Waals surface area contributed by atoms with E-state index in [1.54, 1.807) is 12.5 Å². The third-order valence-corrected chi connectivity index (χ3v) is 4.71. The van der Waals surface area contributed by atoms with Crippen molar-refractivity contribution in [1.82, 2.24) is 0 Å². The molecule has 24 heavy (non-hydrogen) atoms. The second kappa shape index (κ2) is 7.56. The number of aliphatic imine (C=N–C) groups is 1. The predicted molar refractivity (Wildman–Crippen MR) is 101 cm³/mol. The Bertz CT molecular complexity index is 670. The van der Waals surface area contributed by atoms with E-state index in [-0.39, 0.29) is 5.54 Å².